The molecule has 2 rings (SSSR count). The van der Waals surface area contributed by atoms with Crippen LogP contribution >= 0.6 is 0 Å². The molecule has 1 aliphatic carbocycles. The van der Waals surface area contributed by atoms with Crippen LogP contribution < -0.4 is 0 Å². The molecule has 0 bridgehead atoms. The van der Waals surface area contributed by atoms with Crippen molar-refractivity contribution < 1.29 is 9.53 Å². The highest BCUT2D eigenvalue weighted by atomic mass is 16.5. The van der Waals surface area contributed by atoms with Crippen LogP contribution in [0.3, 0.4) is 0 Å². The third-order valence-corrected chi connectivity index (χ3v) is 3.09. The van der Waals surface area contributed by atoms with Crippen molar-refractivity contribution in [2.45, 2.75) is 25.7 Å². The number of rotatable bonds is 3. The molecule has 2 nitrogen and oxygen atoms in total. The average molecular weight is 216 g/mol. The number of hydrogen-bond donors (Lipinski definition) is 0. The molecule has 16 heavy (non-hydrogen) atoms. The van der Waals surface area contributed by atoms with Crippen molar-refractivity contribution in [2.75, 3.05) is 6.61 Å². The number of hydrogen-bond acceptors (Lipinski definition) is 2. The first-order valence-electron chi connectivity index (χ1n) is 5.67. The highest BCUT2D eigenvalue weighted by Crippen LogP contribution is 2.37. The van der Waals surface area contributed by atoms with Crippen molar-refractivity contribution >= 4 is 5.97 Å². The molecule has 0 saturated heterocycles. The molecule has 1 aromatic carbocycles. The summed E-state index contributed by atoms with van der Waals surface area (Å²) in [6, 6.07) is 8.25. The summed E-state index contributed by atoms with van der Waals surface area (Å²) in [5.41, 5.74) is 3.16. The van der Waals surface area contributed by atoms with Crippen molar-refractivity contribution in [3.63, 3.8) is 0 Å². The first-order valence-corrected chi connectivity index (χ1v) is 5.67. The Labute approximate surface area is 95.9 Å². The second-order valence-electron chi connectivity index (χ2n) is 4.04. The summed E-state index contributed by atoms with van der Waals surface area (Å²) >= 11 is 0. The molecule has 0 amide bonds. The van der Waals surface area contributed by atoms with E-state index in [1.807, 2.05) is 19.1 Å². The van der Waals surface area contributed by atoms with E-state index in [2.05, 4.69) is 18.7 Å². The van der Waals surface area contributed by atoms with Gasteiger partial charge < -0.3 is 4.74 Å². The van der Waals surface area contributed by atoms with Gasteiger partial charge in [-0.2, -0.15) is 0 Å². The van der Waals surface area contributed by atoms with E-state index < -0.39 is 0 Å². The SMILES string of the molecule is C=C(C(=O)OCC)C1CCc2ccccc21. The molecule has 1 unspecified atom stereocenters. The Hall–Kier alpha value is -1.57. The first kappa shape index (κ1) is 10.9. The molecule has 84 valence electrons. The van der Waals surface area contributed by atoms with E-state index >= 15 is 0 Å². The number of carbonyl (C=O) groups is 1. The Morgan fingerprint density at radius 2 is 2.25 bits per heavy atom. The topological polar surface area (TPSA) is 26.3 Å². The number of aryl methyl sites for hydroxylation is 1. The summed E-state index contributed by atoms with van der Waals surface area (Å²) in [6.07, 6.45) is 2.00. The standard InChI is InChI=1S/C14H16O2/c1-3-16-14(15)10(2)12-9-8-11-6-4-5-7-13(11)12/h4-7,12H,2-3,8-9H2,1H3. The van der Waals surface area contributed by atoms with Gasteiger partial charge in [0.1, 0.15) is 0 Å². The van der Waals surface area contributed by atoms with Gasteiger partial charge in [0.2, 0.25) is 0 Å². The first-order chi connectivity index (χ1) is 7.74. The lowest BCUT2D eigenvalue weighted by Gasteiger charge is -2.13. The number of fused-ring (bicyclic) bond motifs is 1. The third-order valence-electron chi connectivity index (χ3n) is 3.09. The summed E-state index contributed by atoms with van der Waals surface area (Å²) in [5, 5.41) is 0. The summed E-state index contributed by atoms with van der Waals surface area (Å²) in [5.74, 6) is -0.112. The van der Waals surface area contributed by atoms with Gasteiger partial charge in [-0.05, 0) is 30.9 Å². The molecular weight excluding hydrogens is 200 g/mol. The number of carbonyl (C=O) groups excluding carboxylic acids is 1. The molecule has 0 aromatic heterocycles. The Balaban J connectivity index is 2.19. The van der Waals surface area contributed by atoms with E-state index in [4.69, 9.17) is 4.74 Å². The van der Waals surface area contributed by atoms with E-state index in [-0.39, 0.29) is 11.9 Å². The molecule has 0 N–H and O–H groups in total. The molecule has 1 aliphatic rings. The second kappa shape index (κ2) is 4.52. The van der Waals surface area contributed by atoms with Crippen molar-refractivity contribution in [3.8, 4) is 0 Å². The minimum atomic E-state index is -0.260. The van der Waals surface area contributed by atoms with Crippen LogP contribution in [0.25, 0.3) is 0 Å². The summed E-state index contributed by atoms with van der Waals surface area (Å²) in [4.78, 5) is 11.6. The summed E-state index contributed by atoms with van der Waals surface area (Å²) < 4.78 is 4.99. The fraction of sp³-hybridized carbons (Fsp3) is 0.357. The maximum atomic E-state index is 11.6. The predicted molar refractivity (Wildman–Crippen MR) is 63.3 cm³/mol. The molecular formula is C14H16O2. The van der Waals surface area contributed by atoms with E-state index in [1.165, 1.54) is 11.1 Å². The van der Waals surface area contributed by atoms with Crippen LogP contribution in [0.2, 0.25) is 0 Å². The van der Waals surface area contributed by atoms with E-state index in [9.17, 15) is 4.79 Å². The maximum absolute atomic E-state index is 11.6. The zero-order valence-electron chi connectivity index (χ0n) is 9.53. The predicted octanol–water partition coefficient (Wildman–Crippen LogP) is 2.84. The normalized spacial score (nSPS) is 17.9. The van der Waals surface area contributed by atoms with E-state index in [0.717, 1.165) is 12.8 Å². The van der Waals surface area contributed by atoms with Gasteiger partial charge in [0, 0.05) is 11.5 Å². The second-order valence-corrected chi connectivity index (χ2v) is 4.04. The number of ether oxygens (including phenoxy) is 1. The lowest BCUT2D eigenvalue weighted by Crippen LogP contribution is -2.12. The molecule has 0 saturated carbocycles. The number of benzene rings is 1. The number of esters is 1. The quantitative estimate of drug-likeness (QED) is 0.573. The summed E-state index contributed by atoms with van der Waals surface area (Å²) in [6.45, 7) is 6.10. The van der Waals surface area contributed by atoms with Crippen molar-refractivity contribution in [1.82, 2.24) is 0 Å². The third kappa shape index (κ3) is 1.87. The van der Waals surface area contributed by atoms with Crippen molar-refractivity contribution in [2.24, 2.45) is 0 Å². The Bertz CT molecular complexity index is 420. The van der Waals surface area contributed by atoms with E-state index in [1.54, 1.807) is 0 Å². The van der Waals surface area contributed by atoms with Gasteiger partial charge in [0.25, 0.3) is 0 Å². The van der Waals surface area contributed by atoms with Crippen LogP contribution in [-0.2, 0) is 16.0 Å². The molecule has 2 heteroatoms. The highest BCUT2D eigenvalue weighted by molar-refractivity contribution is 5.89. The fourth-order valence-corrected chi connectivity index (χ4v) is 2.29. The van der Waals surface area contributed by atoms with Gasteiger partial charge in [0.15, 0.2) is 0 Å². The van der Waals surface area contributed by atoms with Crippen LogP contribution in [0.4, 0.5) is 0 Å². The zero-order chi connectivity index (χ0) is 11.5. The van der Waals surface area contributed by atoms with Crippen molar-refractivity contribution in [1.29, 1.82) is 0 Å². The Kier molecular flexibility index (Phi) is 3.09. The van der Waals surface area contributed by atoms with Crippen LogP contribution in [0, 0.1) is 0 Å². The van der Waals surface area contributed by atoms with Gasteiger partial charge >= 0.3 is 5.97 Å². The lowest BCUT2D eigenvalue weighted by molar-refractivity contribution is -0.138. The molecule has 0 spiro atoms. The Morgan fingerprint density at radius 3 is 3.00 bits per heavy atom. The largest absolute Gasteiger partial charge is 0.463 e. The van der Waals surface area contributed by atoms with Crippen LogP contribution in [0.5, 0.6) is 0 Å². The van der Waals surface area contributed by atoms with Crippen LogP contribution in [0.1, 0.15) is 30.4 Å². The van der Waals surface area contributed by atoms with Gasteiger partial charge in [0.05, 0.1) is 6.61 Å². The molecule has 1 aromatic rings. The fourth-order valence-electron chi connectivity index (χ4n) is 2.29. The Morgan fingerprint density at radius 1 is 1.50 bits per heavy atom. The van der Waals surface area contributed by atoms with Crippen molar-refractivity contribution in [3.05, 3.63) is 47.5 Å². The zero-order valence-corrected chi connectivity index (χ0v) is 9.53. The van der Waals surface area contributed by atoms with Crippen LogP contribution in [0.15, 0.2) is 36.4 Å². The average Bonchev–Trinajstić information content (AvgIpc) is 2.72. The van der Waals surface area contributed by atoms with Gasteiger partial charge in [-0.25, -0.2) is 4.79 Å². The van der Waals surface area contributed by atoms with Gasteiger partial charge in [-0.3, -0.25) is 0 Å². The minimum Gasteiger partial charge on any atom is -0.463 e. The van der Waals surface area contributed by atoms with Gasteiger partial charge in [-0.15, -0.1) is 0 Å². The molecule has 0 fully saturated rings. The molecule has 0 radical (unpaired) electrons. The molecule has 0 heterocycles. The minimum absolute atomic E-state index is 0.148. The highest BCUT2D eigenvalue weighted by Gasteiger charge is 2.28. The smallest absolute Gasteiger partial charge is 0.334 e. The summed E-state index contributed by atoms with van der Waals surface area (Å²) in [7, 11) is 0. The maximum Gasteiger partial charge on any atom is 0.334 e. The monoisotopic (exact) mass is 216 g/mol. The lowest BCUT2D eigenvalue weighted by atomic mass is 9.94. The van der Waals surface area contributed by atoms with E-state index in [0.29, 0.717) is 12.2 Å². The molecule has 1 atom stereocenters. The van der Waals surface area contributed by atoms with Crippen LogP contribution in [-0.4, -0.2) is 12.6 Å². The van der Waals surface area contributed by atoms with Gasteiger partial charge in [-0.1, -0.05) is 30.8 Å². The molecule has 0 aliphatic heterocycles.